The van der Waals surface area contributed by atoms with Gasteiger partial charge in [0.15, 0.2) is 5.82 Å². The van der Waals surface area contributed by atoms with Crippen LogP contribution in [0.4, 0.5) is 5.82 Å². The van der Waals surface area contributed by atoms with Gasteiger partial charge < -0.3 is 5.73 Å². The Morgan fingerprint density at radius 2 is 2.17 bits per heavy atom. The van der Waals surface area contributed by atoms with Crippen molar-refractivity contribution in [3.63, 3.8) is 0 Å². The summed E-state index contributed by atoms with van der Waals surface area (Å²) in [6.07, 6.45) is 5.12. The van der Waals surface area contributed by atoms with E-state index in [9.17, 15) is 0 Å². The number of nitrogens with zero attached hydrogens (tertiary/aromatic N) is 4. The molecule has 0 saturated heterocycles. The fourth-order valence-electron chi connectivity index (χ4n) is 0.868. The maximum Gasteiger partial charge on any atom is 0.160 e. The lowest BCUT2D eigenvalue weighted by molar-refractivity contribution is 0.918. The van der Waals surface area contributed by atoms with E-state index in [0.29, 0.717) is 11.6 Å². The van der Waals surface area contributed by atoms with Gasteiger partial charge in [0.1, 0.15) is 12.1 Å². The maximum absolute atomic E-state index is 5.38. The predicted octanol–water partition coefficient (Wildman–Crippen LogP) is 0.244. The molecule has 0 amide bonds. The number of anilines is 1. The van der Waals surface area contributed by atoms with Crippen molar-refractivity contribution in [3.8, 4) is 5.82 Å². The van der Waals surface area contributed by atoms with Crippen molar-refractivity contribution in [1.82, 2.24) is 19.7 Å². The van der Waals surface area contributed by atoms with Gasteiger partial charge in [-0.2, -0.15) is 0 Å². The van der Waals surface area contributed by atoms with Crippen molar-refractivity contribution in [3.05, 3.63) is 30.9 Å². The van der Waals surface area contributed by atoms with Crippen molar-refractivity contribution in [2.75, 3.05) is 5.73 Å². The average molecular weight is 161 g/mol. The zero-order valence-electron chi connectivity index (χ0n) is 6.25. The summed E-state index contributed by atoms with van der Waals surface area (Å²) in [6, 6.07) is 3.48. The first-order valence-corrected chi connectivity index (χ1v) is 3.44. The molecule has 2 aromatic rings. The molecule has 2 heterocycles. The van der Waals surface area contributed by atoms with Gasteiger partial charge in [-0.1, -0.05) is 0 Å². The second-order valence-corrected chi connectivity index (χ2v) is 2.29. The first kappa shape index (κ1) is 6.78. The minimum atomic E-state index is 0.416. The summed E-state index contributed by atoms with van der Waals surface area (Å²) in [5.41, 5.74) is 5.38. The summed E-state index contributed by atoms with van der Waals surface area (Å²) in [4.78, 5) is 3.88. The average Bonchev–Trinajstić information content (AvgIpc) is 2.58. The smallest absolute Gasteiger partial charge is 0.160 e. The second kappa shape index (κ2) is 2.61. The van der Waals surface area contributed by atoms with E-state index < -0.39 is 0 Å². The van der Waals surface area contributed by atoms with Crippen LogP contribution < -0.4 is 5.73 Å². The standard InChI is InChI=1S/C7H7N5/c8-6-1-2-7(11-10-6)12-4-3-9-5-12/h1-5H,(H2,8,10). The predicted molar refractivity (Wildman–Crippen MR) is 43.6 cm³/mol. The van der Waals surface area contributed by atoms with Gasteiger partial charge >= 0.3 is 0 Å². The molecule has 2 aromatic heterocycles. The van der Waals surface area contributed by atoms with Gasteiger partial charge in [0.25, 0.3) is 0 Å². The van der Waals surface area contributed by atoms with Crippen molar-refractivity contribution in [2.24, 2.45) is 0 Å². The molecule has 0 spiro atoms. The largest absolute Gasteiger partial charge is 0.382 e. The van der Waals surface area contributed by atoms with Crippen molar-refractivity contribution < 1.29 is 0 Å². The van der Waals surface area contributed by atoms with Crippen molar-refractivity contribution >= 4 is 5.82 Å². The van der Waals surface area contributed by atoms with Gasteiger partial charge in [0.2, 0.25) is 0 Å². The topological polar surface area (TPSA) is 69.6 Å². The Morgan fingerprint density at radius 3 is 2.75 bits per heavy atom. The minimum absolute atomic E-state index is 0.416. The van der Waals surface area contributed by atoms with Gasteiger partial charge in [0, 0.05) is 12.4 Å². The fraction of sp³-hybridized carbons (Fsp3) is 0. The van der Waals surface area contributed by atoms with Gasteiger partial charge in [0.05, 0.1) is 0 Å². The van der Waals surface area contributed by atoms with Gasteiger partial charge in [-0.25, -0.2) is 4.98 Å². The lowest BCUT2D eigenvalue weighted by Gasteiger charge is -1.97. The molecule has 0 aliphatic rings. The van der Waals surface area contributed by atoms with E-state index in [0.717, 1.165) is 0 Å². The molecule has 2 rings (SSSR count). The first-order valence-electron chi connectivity index (χ1n) is 3.44. The molecule has 60 valence electrons. The van der Waals surface area contributed by atoms with Crippen LogP contribution in [0.1, 0.15) is 0 Å². The van der Waals surface area contributed by atoms with E-state index in [4.69, 9.17) is 5.73 Å². The molecule has 0 atom stereocenters. The Labute approximate surface area is 68.9 Å². The molecule has 2 N–H and O–H groups in total. The number of nitrogens with two attached hydrogens (primary N) is 1. The zero-order valence-corrected chi connectivity index (χ0v) is 6.25. The Balaban J connectivity index is 2.43. The van der Waals surface area contributed by atoms with Crippen LogP contribution in [-0.4, -0.2) is 19.7 Å². The fourth-order valence-corrected chi connectivity index (χ4v) is 0.868. The number of imidazole rings is 1. The molecule has 12 heavy (non-hydrogen) atoms. The van der Waals surface area contributed by atoms with E-state index in [2.05, 4.69) is 15.2 Å². The van der Waals surface area contributed by atoms with Crippen LogP contribution in [0.5, 0.6) is 0 Å². The Morgan fingerprint density at radius 1 is 1.25 bits per heavy atom. The van der Waals surface area contributed by atoms with Gasteiger partial charge in [-0.3, -0.25) is 4.57 Å². The summed E-state index contributed by atoms with van der Waals surface area (Å²) in [5.74, 6) is 1.13. The van der Waals surface area contributed by atoms with E-state index in [1.807, 2.05) is 0 Å². The molecule has 0 aliphatic heterocycles. The summed E-state index contributed by atoms with van der Waals surface area (Å²) < 4.78 is 1.76. The third-order valence-electron chi connectivity index (χ3n) is 1.44. The van der Waals surface area contributed by atoms with E-state index >= 15 is 0 Å². The molecule has 0 saturated carbocycles. The third kappa shape index (κ3) is 1.12. The first-order chi connectivity index (χ1) is 5.86. The summed E-state index contributed by atoms with van der Waals surface area (Å²) in [7, 11) is 0. The Bertz CT molecular complexity index is 350. The highest BCUT2D eigenvalue weighted by molar-refractivity contribution is 5.31. The molecule has 5 nitrogen and oxygen atoms in total. The van der Waals surface area contributed by atoms with E-state index in [1.54, 1.807) is 35.4 Å². The molecule has 0 fully saturated rings. The summed E-state index contributed by atoms with van der Waals surface area (Å²) in [5, 5.41) is 7.58. The van der Waals surface area contributed by atoms with E-state index in [1.165, 1.54) is 0 Å². The monoisotopic (exact) mass is 161 g/mol. The van der Waals surface area contributed by atoms with Crippen LogP contribution in [0.25, 0.3) is 5.82 Å². The number of nitrogen functional groups attached to an aromatic ring is 1. The van der Waals surface area contributed by atoms with Crippen LogP contribution in [0.2, 0.25) is 0 Å². The van der Waals surface area contributed by atoms with Crippen LogP contribution in [0.15, 0.2) is 30.9 Å². The van der Waals surface area contributed by atoms with Gasteiger partial charge in [-0.15, -0.1) is 10.2 Å². The second-order valence-electron chi connectivity index (χ2n) is 2.29. The zero-order chi connectivity index (χ0) is 8.39. The van der Waals surface area contributed by atoms with Crippen LogP contribution >= 0.6 is 0 Å². The maximum atomic E-state index is 5.38. The highest BCUT2D eigenvalue weighted by Crippen LogP contribution is 2.02. The molecule has 0 unspecified atom stereocenters. The molecular formula is C7H7N5. The van der Waals surface area contributed by atoms with Crippen LogP contribution in [0, 0.1) is 0 Å². The SMILES string of the molecule is Nc1ccc(-n2ccnc2)nn1. The molecule has 0 aromatic carbocycles. The number of rotatable bonds is 1. The lowest BCUT2D eigenvalue weighted by atomic mass is 10.5. The number of hydrogen-bond acceptors (Lipinski definition) is 4. The van der Waals surface area contributed by atoms with Crippen molar-refractivity contribution in [2.45, 2.75) is 0 Å². The van der Waals surface area contributed by atoms with Gasteiger partial charge in [-0.05, 0) is 12.1 Å². The summed E-state index contributed by atoms with van der Waals surface area (Å²) in [6.45, 7) is 0. The quantitative estimate of drug-likeness (QED) is 0.650. The molecule has 5 heteroatoms. The van der Waals surface area contributed by atoms with Crippen molar-refractivity contribution in [1.29, 1.82) is 0 Å². The molecular weight excluding hydrogens is 154 g/mol. The molecule has 0 aliphatic carbocycles. The minimum Gasteiger partial charge on any atom is -0.382 e. The van der Waals surface area contributed by atoms with E-state index in [-0.39, 0.29) is 0 Å². The Hall–Kier alpha value is -1.91. The highest BCUT2D eigenvalue weighted by atomic mass is 15.2. The number of hydrogen-bond donors (Lipinski definition) is 1. The number of aromatic nitrogens is 4. The van der Waals surface area contributed by atoms with Crippen LogP contribution in [0.3, 0.4) is 0 Å². The third-order valence-corrected chi connectivity index (χ3v) is 1.44. The highest BCUT2D eigenvalue weighted by Gasteiger charge is 1.95. The Kier molecular flexibility index (Phi) is 1.48. The molecule has 0 bridgehead atoms. The normalized spacial score (nSPS) is 10.0. The van der Waals surface area contributed by atoms with Crippen LogP contribution in [-0.2, 0) is 0 Å². The lowest BCUT2D eigenvalue weighted by Crippen LogP contribution is -1.98. The summed E-state index contributed by atoms with van der Waals surface area (Å²) >= 11 is 0. The molecule has 0 radical (unpaired) electrons.